The molecule has 0 atom stereocenters. The summed E-state index contributed by atoms with van der Waals surface area (Å²) in [4.78, 5) is 29.5. The fraction of sp³-hybridized carbons (Fsp3) is 0.500. The van der Waals surface area contributed by atoms with E-state index in [1.165, 1.54) is 4.57 Å². The predicted octanol–water partition coefficient (Wildman–Crippen LogP) is 0.802. The van der Waals surface area contributed by atoms with Gasteiger partial charge in [0.15, 0.2) is 0 Å². The number of para-hydroxylation sites is 1. The molecular weight excluding hydrogens is 282 g/mol. The zero-order valence-electron chi connectivity index (χ0n) is 12.6. The molecule has 1 aromatic heterocycles. The summed E-state index contributed by atoms with van der Waals surface area (Å²) in [7, 11) is 0. The first-order valence-electron chi connectivity index (χ1n) is 7.78. The van der Waals surface area contributed by atoms with Gasteiger partial charge >= 0.3 is 5.69 Å². The lowest BCUT2D eigenvalue weighted by Gasteiger charge is -2.26. The molecule has 1 fully saturated rings. The molecule has 2 heterocycles. The molecule has 0 saturated carbocycles. The predicted molar refractivity (Wildman–Crippen MR) is 85.3 cm³/mol. The lowest BCUT2D eigenvalue weighted by atomic mass is 10.2. The van der Waals surface area contributed by atoms with E-state index in [2.05, 4.69) is 9.88 Å². The van der Waals surface area contributed by atoms with Gasteiger partial charge in [-0.15, -0.1) is 0 Å². The number of unbranched alkanes of at least 4 members (excludes halogenated alkanes) is 1. The van der Waals surface area contributed by atoms with Crippen molar-refractivity contribution in [3.63, 3.8) is 0 Å². The lowest BCUT2D eigenvalue weighted by molar-refractivity contribution is 0.0370. The van der Waals surface area contributed by atoms with Crippen molar-refractivity contribution in [1.82, 2.24) is 14.5 Å². The van der Waals surface area contributed by atoms with Gasteiger partial charge < -0.3 is 9.72 Å². The first-order valence-corrected chi connectivity index (χ1v) is 7.78. The third-order valence-electron chi connectivity index (χ3n) is 4.10. The minimum absolute atomic E-state index is 0.203. The Bertz CT molecular complexity index is 744. The van der Waals surface area contributed by atoms with E-state index in [1.807, 2.05) is 12.1 Å². The summed E-state index contributed by atoms with van der Waals surface area (Å²) in [5, 5.41) is 0.565. The summed E-state index contributed by atoms with van der Waals surface area (Å²) in [6.07, 6.45) is 1.79. The summed E-state index contributed by atoms with van der Waals surface area (Å²) in [5.74, 6) is 0. The maximum atomic E-state index is 12.4. The molecule has 1 N–H and O–H groups in total. The van der Waals surface area contributed by atoms with Crippen LogP contribution >= 0.6 is 0 Å². The van der Waals surface area contributed by atoms with E-state index in [4.69, 9.17) is 4.74 Å². The minimum atomic E-state index is -0.324. The average Bonchev–Trinajstić information content (AvgIpc) is 2.55. The number of fused-ring (bicyclic) bond motifs is 1. The van der Waals surface area contributed by atoms with Crippen LogP contribution in [0.2, 0.25) is 0 Å². The third-order valence-corrected chi connectivity index (χ3v) is 4.10. The van der Waals surface area contributed by atoms with Gasteiger partial charge in [-0.25, -0.2) is 4.79 Å². The van der Waals surface area contributed by atoms with E-state index in [0.717, 1.165) is 45.7 Å². The number of ether oxygens (including phenoxy) is 1. The van der Waals surface area contributed by atoms with Gasteiger partial charge in [-0.2, -0.15) is 0 Å². The molecule has 0 spiro atoms. The number of rotatable bonds is 5. The van der Waals surface area contributed by atoms with Crippen LogP contribution in [0.4, 0.5) is 0 Å². The number of benzene rings is 1. The number of morpholine rings is 1. The first-order chi connectivity index (χ1) is 10.8. The van der Waals surface area contributed by atoms with E-state index in [0.29, 0.717) is 17.4 Å². The molecule has 1 aliphatic rings. The second-order valence-corrected chi connectivity index (χ2v) is 5.59. The highest BCUT2D eigenvalue weighted by Gasteiger charge is 2.10. The molecule has 1 aliphatic heterocycles. The molecule has 0 unspecified atom stereocenters. The molecule has 0 bridgehead atoms. The van der Waals surface area contributed by atoms with Gasteiger partial charge in [-0.05, 0) is 31.5 Å². The van der Waals surface area contributed by atoms with Crippen LogP contribution in [-0.2, 0) is 11.3 Å². The Labute approximate surface area is 128 Å². The van der Waals surface area contributed by atoms with Gasteiger partial charge in [-0.1, -0.05) is 12.1 Å². The van der Waals surface area contributed by atoms with Gasteiger partial charge in [0.1, 0.15) is 0 Å². The molecule has 1 aromatic carbocycles. The topological polar surface area (TPSA) is 67.3 Å². The molecular formula is C16H21N3O3. The summed E-state index contributed by atoms with van der Waals surface area (Å²) < 4.78 is 6.62. The average molecular weight is 303 g/mol. The second-order valence-electron chi connectivity index (χ2n) is 5.59. The van der Waals surface area contributed by atoms with Crippen LogP contribution < -0.4 is 11.2 Å². The summed E-state index contributed by atoms with van der Waals surface area (Å²) >= 11 is 0. The van der Waals surface area contributed by atoms with E-state index in [-0.39, 0.29) is 11.2 Å². The highest BCUT2D eigenvalue weighted by Crippen LogP contribution is 2.04. The number of nitrogens with one attached hydrogen (secondary N) is 1. The molecule has 6 heteroatoms. The molecule has 6 nitrogen and oxygen atoms in total. The lowest BCUT2D eigenvalue weighted by Crippen LogP contribution is -2.37. The Hall–Kier alpha value is -1.92. The summed E-state index contributed by atoms with van der Waals surface area (Å²) in [5.41, 5.74) is 0.0721. The second kappa shape index (κ2) is 6.89. The third kappa shape index (κ3) is 3.28. The van der Waals surface area contributed by atoms with Crippen molar-refractivity contribution in [2.75, 3.05) is 32.8 Å². The minimum Gasteiger partial charge on any atom is -0.379 e. The van der Waals surface area contributed by atoms with Gasteiger partial charge in [-0.3, -0.25) is 14.3 Å². The Kier molecular flexibility index (Phi) is 4.70. The zero-order chi connectivity index (χ0) is 15.4. The Morgan fingerprint density at radius 2 is 1.77 bits per heavy atom. The monoisotopic (exact) mass is 303 g/mol. The van der Waals surface area contributed by atoms with Crippen LogP contribution in [0.5, 0.6) is 0 Å². The molecule has 2 aromatic rings. The normalized spacial score (nSPS) is 16.2. The smallest absolute Gasteiger partial charge is 0.328 e. The molecule has 118 valence electrons. The maximum absolute atomic E-state index is 12.4. The largest absolute Gasteiger partial charge is 0.379 e. The van der Waals surface area contributed by atoms with E-state index < -0.39 is 0 Å². The summed E-state index contributed by atoms with van der Waals surface area (Å²) in [6.45, 7) is 4.98. The highest BCUT2D eigenvalue weighted by molar-refractivity contribution is 5.76. The first kappa shape index (κ1) is 15.0. The maximum Gasteiger partial charge on any atom is 0.328 e. The Balaban J connectivity index is 1.64. The van der Waals surface area contributed by atoms with Gasteiger partial charge in [0.2, 0.25) is 0 Å². The number of H-pyrrole nitrogens is 1. The Morgan fingerprint density at radius 3 is 2.59 bits per heavy atom. The molecule has 0 aliphatic carbocycles. The van der Waals surface area contributed by atoms with Crippen molar-refractivity contribution >= 4 is 10.9 Å². The van der Waals surface area contributed by atoms with Crippen LogP contribution in [0.3, 0.4) is 0 Å². The molecule has 0 amide bonds. The summed E-state index contributed by atoms with van der Waals surface area (Å²) in [6, 6.07) is 7.12. The van der Waals surface area contributed by atoms with Crippen molar-refractivity contribution < 1.29 is 4.74 Å². The number of aromatic amines is 1. The number of hydrogen-bond acceptors (Lipinski definition) is 4. The zero-order valence-corrected chi connectivity index (χ0v) is 12.6. The van der Waals surface area contributed by atoms with Crippen molar-refractivity contribution in [1.29, 1.82) is 0 Å². The van der Waals surface area contributed by atoms with Gasteiger partial charge in [0.05, 0.1) is 24.1 Å². The van der Waals surface area contributed by atoms with E-state index in [9.17, 15) is 9.59 Å². The van der Waals surface area contributed by atoms with Crippen LogP contribution in [-0.4, -0.2) is 47.3 Å². The van der Waals surface area contributed by atoms with Crippen molar-refractivity contribution in [2.24, 2.45) is 0 Å². The van der Waals surface area contributed by atoms with Crippen molar-refractivity contribution in [3.05, 3.63) is 45.1 Å². The number of hydrogen-bond donors (Lipinski definition) is 1. The van der Waals surface area contributed by atoms with Crippen LogP contribution in [0.15, 0.2) is 33.9 Å². The van der Waals surface area contributed by atoms with E-state index in [1.54, 1.807) is 12.1 Å². The molecule has 3 rings (SSSR count). The standard InChI is InChI=1S/C16H21N3O3/c20-15-13-5-1-2-6-14(13)17-16(21)19(15)8-4-3-7-18-9-11-22-12-10-18/h1-2,5-6H,3-4,7-12H2,(H,17,21). The fourth-order valence-corrected chi connectivity index (χ4v) is 2.83. The quantitative estimate of drug-likeness (QED) is 0.830. The number of nitrogens with zero attached hydrogens (tertiary/aromatic N) is 2. The molecule has 1 saturated heterocycles. The van der Waals surface area contributed by atoms with Gasteiger partial charge in [0, 0.05) is 19.6 Å². The van der Waals surface area contributed by atoms with Crippen LogP contribution in [0.25, 0.3) is 10.9 Å². The van der Waals surface area contributed by atoms with Crippen molar-refractivity contribution in [2.45, 2.75) is 19.4 Å². The fourth-order valence-electron chi connectivity index (χ4n) is 2.83. The highest BCUT2D eigenvalue weighted by atomic mass is 16.5. The Morgan fingerprint density at radius 1 is 1.05 bits per heavy atom. The molecule has 22 heavy (non-hydrogen) atoms. The number of aromatic nitrogens is 2. The van der Waals surface area contributed by atoms with E-state index >= 15 is 0 Å². The van der Waals surface area contributed by atoms with Gasteiger partial charge in [0.25, 0.3) is 5.56 Å². The van der Waals surface area contributed by atoms with Crippen LogP contribution in [0.1, 0.15) is 12.8 Å². The molecule has 0 radical (unpaired) electrons. The SMILES string of the molecule is O=c1[nH]c2ccccc2c(=O)n1CCCCN1CCOCC1. The van der Waals surface area contributed by atoms with Crippen molar-refractivity contribution in [3.8, 4) is 0 Å². The van der Waals surface area contributed by atoms with Crippen LogP contribution in [0, 0.1) is 0 Å².